The van der Waals surface area contributed by atoms with E-state index in [0.717, 1.165) is 27.4 Å². The lowest BCUT2D eigenvalue weighted by atomic mass is 9.92. The maximum absolute atomic E-state index is 12.5. The van der Waals surface area contributed by atoms with Crippen LogP contribution in [0.15, 0.2) is 47.4 Å². The lowest BCUT2D eigenvalue weighted by Crippen LogP contribution is -2.22. The third-order valence-corrected chi connectivity index (χ3v) is 5.11. The van der Waals surface area contributed by atoms with Gasteiger partial charge in [0.15, 0.2) is 0 Å². The number of anilines is 2. The second kappa shape index (κ2) is 9.28. The van der Waals surface area contributed by atoms with Gasteiger partial charge >= 0.3 is 0 Å². The monoisotopic (exact) mass is 398 g/mol. The average Bonchev–Trinajstić information content (AvgIpc) is 2.53. The van der Waals surface area contributed by atoms with E-state index in [-0.39, 0.29) is 22.5 Å². The predicted molar refractivity (Wildman–Crippen MR) is 119 cm³/mol. The first-order valence-corrected chi connectivity index (χ1v) is 10.4. The Morgan fingerprint density at radius 1 is 0.929 bits per heavy atom. The fourth-order valence-electron chi connectivity index (χ4n) is 2.85. The summed E-state index contributed by atoms with van der Waals surface area (Å²) in [5.41, 5.74) is 3.80. The van der Waals surface area contributed by atoms with Crippen LogP contribution >= 0.6 is 11.8 Å². The molecule has 2 rings (SSSR count). The molecule has 0 bridgehead atoms. The highest BCUT2D eigenvalue weighted by Crippen LogP contribution is 2.26. The molecular weight excluding hydrogens is 368 g/mol. The highest BCUT2D eigenvalue weighted by molar-refractivity contribution is 8.00. The summed E-state index contributed by atoms with van der Waals surface area (Å²) in [7, 11) is 0. The van der Waals surface area contributed by atoms with Crippen LogP contribution in [-0.4, -0.2) is 17.1 Å². The number of carbonyl (C=O) groups excluding carboxylic acids is 2. The SMILES string of the molecule is Cc1cc(C)cc(NC(=O)C(C)Sc2ccc(NC(=O)CC(C)(C)C)cc2)c1. The van der Waals surface area contributed by atoms with E-state index in [4.69, 9.17) is 0 Å². The van der Waals surface area contributed by atoms with Gasteiger partial charge < -0.3 is 10.6 Å². The molecule has 4 nitrogen and oxygen atoms in total. The summed E-state index contributed by atoms with van der Waals surface area (Å²) in [5.74, 6) is -0.0216. The van der Waals surface area contributed by atoms with Crippen LogP contribution in [0.2, 0.25) is 0 Å². The quantitative estimate of drug-likeness (QED) is 0.605. The molecular formula is C23H30N2O2S. The van der Waals surface area contributed by atoms with Crippen LogP contribution in [0.25, 0.3) is 0 Å². The van der Waals surface area contributed by atoms with Gasteiger partial charge in [0.05, 0.1) is 5.25 Å². The molecule has 2 aromatic rings. The van der Waals surface area contributed by atoms with Gasteiger partial charge in [0, 0.05) is 22.7 Å². The van der Waals surface area contributed by atoms with Gasteiger partial charge in [0.25, 0.3) is 0 Å². The van der Waals surface area contributed by atoms with E-state index in [9.17, 15) is 9.59 Å². The highest BCUT2D eigenvalue weighted by atomic mass is 32.2. The van der Waals surface area contributed by atoms with Gasteiger partial charge in [-0.2, -0.15) is 0 Å². The highest BCUT2D eigenvalue weighted by Gasteiger charge is 2.17. The number of benzene rings is 2. The fraction of sp³-hybridized carbons (Fsp3) is 0.391. The predicted octanol–water partition coefficient (Wildman–Crippen LogP) is 5.80. The zero-order valence-electron chi connectivity index (χ0n) is 17.6. The van der Waals surface area contributed by atoms with Crippen molar-refractivity contribution in [1.29, 1.82) is 0 Å². The molecule has 0 heterocycles. The summed E-state index contributed by atoms with van der Waals surface area (Å²) in [4.78, 5) is 25.5. The molecule has 0 aliphatic rings. The molecule has 0 radical (unpaired) electrons. The molecule has 0 saturated carbocycles. The summed E-state index contributed by atoms with van der Waals surface area (Å²) in [6.45, 7) is 12.0. The van der Waals surface area contributed by atoms with Gasteiger partial charge in [0.2, 0.25) is 11.8 Å². The van der Waals surface area contributed by atoms with Crippen molar-refractivity contribution in [1.82, 2.24) is 0 Å². The summed E-state index contributed by atoms with van der Waals surface area (Å²) < 4.78 is 0. The standard InChI is InChI=1S/C23H30N2O2S/c1-15-11-16(2)13-19(12-15)25-22(27)17(3)28-20-9-7-18(8-10-20)24-21(26)14-23(4,5)6/h7-13,17H,14H2,1-6H3,(H,24,26)(H,25,27). The molecule has 150 valence electrons. The molecule has 2 N–H and O–H groups in total. The molecule has 2 amide bonds. The molecule has 0 spiro atoms. The molecule has 28 heavy (non-hydrogen) atoms. The molecule has 1 atom stereocenters. The maximum atomic E-state index is 12.5. The first kappa shape index (κ1) is 22.0. The van der Waals surface area contributed by atoms with Gasteiger partial charge in [-0.15, -0.1) is 11.8 Å². The Morgan fingerprint density at radius 2 is 1.50 bits per heavy atom. The summed E-state index contributed by atoms with van der Waals surface area (Å²) in [5, 5.41) is 5.67. The van der Waals surface area contributed by atoms with E-state index in [1.54, 1.807) is 0 Å². The van der Waals surface area contributed by atoms with E-state index < -0.39 is 0 Å². The number of aryl methyl sites for hydroxylation is 2. The normalized spacial score (nSPS) is 12.4. The van der Waals surface area contributed by atoms with Crippen LogP contribution in [0.5, 0.6) is 0 Å². The van der Waals surface area contributed by atoms with Crippen LogP contribution < -0.4 is 10.6 Å². The molecule has 5 heteroatoms. The zero-order valence-corrected chi connectivity index (χ0v) is 18.4. The zero-order chi connectivity index (χ0) is 20.9. The Hall–Kier alpha value is -2.27. The number of thioether (sulfide) groups is 1. The Balaban J connectivity index is 1.92. The van der Waals surface area contributed by atoms with Crippen molar-refractivity contribution in [2.45, 2.75) is 58.1 Å². The van der Waals surface area contributed by atoms with Crippen molar-refractivity contribution < 1.29 is 9.59 Å². The molecule has 1 unspecified atom stereocenters. The second-order valence-electron chi connectivity index (χ2n) is 8.44. The van der Waals surface area contributed by atoms with Crippen molar-refractivity contribution in [3.05, 3.63) is 53.6 Å². The molecule has 0 aliphatic heterocycles. The summed E-state index contributed by atoms with van der Waals surface area (Å²) in [6.07, 6.45) is 0.471. The minimum atomic E-state index is -0.234. The smallest absolute Gasteiger partial charge is 0.237 e. The third-order valence-electron chi connectivity index (χ3n) is 4.00. The Morgan fingerprint density at radius 3 is 2.04 bits per heavy atom. The van der Waals surface area contributed by atoms with E-state index >= 15 is 0 Å². The number of amides is 2. The van der Waals surface area contributed by atoms with Crippen LogP contribution in [0, 0.1) is 19.3 Å². The number of rotatable bonds is 6. The van der Waals surface area contributed by atoms with Crippen molar-refractivity contribution in [2.75, 3.05) is 10.6 Å². The van der Waals surface area contributed by atoms with Gasteiger partial charge in [-0.05, 0) is 73.7 Å². The number of hydrogen-bond acceptors (Lipinski definition) is 3. The molecule has 0 fully saturated rings. The van der Waals surface area contributed by atoms with Gasteiger partial charge in [0.1, 0.15) is 0 Å². The minimum absolute atomic E-state index is 0.00842. The van der Waals surface area contributed by atoms with Crippen LogP contribution in [0.3, 0.4) is 0 Å². The molecule has 2 aromatic carbocycles. The minimum Gasteiger partial charge on any atom is -0.326 e. The topological polar surface area (TPSA) is 58.2 Å². The molecule has 0 aromatic heterocycles. The van der Waals surface area contributed by atoms with E-state index in [1.165, 1.54) is 11.8 Å². The van der Waals surface area contributed by atoms with Gasteiger partial charge in [-0.1, -0.05) is 26.8 Å². The van der Waals surface area contributed by atoms with Crippen molar-refractivity contribution >= 4 is 35.0 Å². The number of nitrogens with one attached hydrogen (secondary N) is 2. The maximum Gasteiger partial charge on any atom is 0.237 e. The largest absolute Gasteiger partial charge is 0.326 e. The molecule has 0 aliphatic carbocycles. The van der Waals surface area contributed by atoms with Gasteiger partial charge in [-0.25, -0.2) is 0 Å². The lowest BCUT2D eigenvalue weighted by Gasteiger charge is -2.17. The Kier molecular flexibility index (Phi) is 7.30. The first-order valence-electron chi connectivity index (χ1n) is 9.47. The fourth-order valence-corrected chi connectivity index (χ4v) is 3.72. The van der Waals surface area contributed by atoms with E-state index in [2.05, 4.69) is 16.7 Å². The average molecular weight is 399 g/mol. The third kappa shape index (κ3) is 7.39. The number of hydrogen-bond donors (Lipinski definition) is 2. The summed E-state index contributed by atoms with van der Waals surface area (Å²) >= 11 is 1.49. The Bertz CT molecular complexity index is 818. The summed E-state index contributed by atoms with van der Waals surface area (Å²) in [6, 6.07) is 13.6. The van der Waals surface area contributed by atoms with E-state index in [0.29, 0.717) is 6.42 Å². The number of carbonyl (C=O) groups is 2. The van der Waals surface area contributed by atoms with E-state index in [1.807, 2.05) is 77.9 Å². The van der Waals surface area contributed by atoms with Crippen LogP contribution in [0.1, 0.15) is 45.2 Å². The first-order chi connectivity index (χ1) is 13.0. The van der Waals surface area contributed by atoms with Crippen LogP contribution in [-0.2, 0) is 9.59 Å². The van der Waals surface area contributed by atoms with Crippen molar-refractivity contribution in [2.24, 2.45) is 5.41 Å². The second-order valence-corrected chi connectivity index (χ2v) is 9.85. The lowest BCUT2D eigenvalue weighted by molar-refractivity contribution is -0.118. The van der Waals surface area contributed by atoms with Crippen molar-refractivity contribution in [3.63, 3.8) is 0 Å². The van der Waals surface area contributed by atoms with Crippen molar-refractivity contribution in [3.8, 4) is 0 Å². The van der Waals surface area contributed by atoms with Gasteiger partial charge in [-0.3, -0.25) is 9.59 Å². The molecule has 0 saturated heterocycles. The Labute approximate surface area is 172 Å². The van der Waals surface area contributed by atoms with Crippen LogP contribution in [0.4, 0.5) is 11.4 Å².